The van der Waals surface area contributed by atoms with Gasteiger partial charge in [-0.2, -0.15) is 5.26 Å². The molecule has 0 atom stereocenters. The molecule has 20 heavy (non-hydrogen) atoms. The predicted molar refractivity (Wildman–Crippen MR) is 80.4 cm³/mol. The summed E-state index contributed by atoms with van der Waals surface area (Å²) in [6.07, 6.45) is 2.15. The number of nitrogens with zero attached hydrogens (tertiary/aromatic N) is 2. The maximum Gasteiger partial charge on any atom is 0.255 e. The van der Waals surface area contributed by atoms with Crippen molar-refractivity contribution in [2.24, 2.45) is 0 Å². The molecule has 0 aliphatic heterocycles. The Morgan fingerprint density at radius 2 is 1.90 bits per heavy atom. The van der Waals surface area contributed by atoms with E-state index < -0.39 is 0 Å². The highest BCUT2D eigenvalue weighted by Crippen LogP contribution is 2.18. The third kappa shape index (κ3) is 2.97. The second kappa shape index (κ2) is 6.72. The van der Waals surface area contributed by atoms with E-state index in [1.807, 2.05) is 36.4 Å². The summed E-state index contributed by atoms with van der Waals surface area (Å²) in [5, 5.41) is 8.80. The van der Waals surface area contributed by atoms with Crippen molar-refractivity contribution >= 4 is 0 Å². The topological polar surface area (TPSA) is 45.8 Å². The Bertz CT molecular complexity index is 666. The Hall–Kier alpha value is -2.34. The van der Waals surface area contributed by atoms with E-state index in [2.05, 4.69) is 13.0 Å². The number of nitriles is 1. The Morgan fingerprint density at radius 3 is 2.55 bits per heavy atom. The lowest BCUT2D eigenvalue weighted by atomic mass is 10.1. The van der Waals surface area contributed by atoms with Gasteiger partial charge in [-0.05, 0) is 18.1 Å². The van der Waals surface area contributed by atoms with Gasteiger partial charge in [0.05, 0.1) is 18.2 Å². The van der Waals surface area contributed by atoms with Gasteiger partial charge in [0.25, 0.3) is 5.56 Å². The molecule has 0 saturated carbocycles. The Labute approximate surface area is 119 Å². The van der Waals surface area contributed by atoms with E-state index in [0.717, 1.165) is 24.1 Å². The first-order chi connectivity index (χ1) is 9.77. The summed E-state index contributed by atoms with van der Waals surface area (Å²) in [5.41, 5.74) is 2.49. The molecule has 1 aromatic heterocycles. The molecule has 2 aromatic rings. The lowest BCUT2D eigenvalue weighted by Crippen LogP contribution is -2.25. The van der Waals surface area contributed by atoms with E-state index in [1.165, 1.54) is 0 Å². The zero-order valence-corrected chi connectivity index (χ0v) is 11.7. The van der Waals surface area contributed by atoms with Crippen LogP contribution in [-0.2, 0) is 13.0 Å². The SMILES string of the molecule is CCCCn1c(-c2ccccc2)ccc(CC#N)c1=O. The van der Waals surface area contributed by atoms with Crippen LogP contribution in [0.4, 0.5) is 0 Å². The van der Waals surface area contributed by atoms with Crippen LogP contribution < -0.4 is 5.56 Å². The van der Waals surface area contributed by atoms with E-state index in [0.29, 0.717) is 12.1 Å². The van der Waals surface area contributed by atoms with Gasteiger partial charge in [0.2, 0.25) is 0 Å². The summed E-state index contributed by atoms with van der Waals surface area (Å²) < 4.78 is 1.80. The van der Waals surface area contributed by atoms with Gasteiger partial charge in [-0.15, -0.1) is 0 Å². The van der Waals surface area contributed by atoms with E-state index >= 15 is 0 Å². The van der Waals surface area contributed by atoms with Crippen LogP contribution in [0.1, 0.15) is 25.3 Å². The van der Waals surface area contributed by atoms with Crippen LogP contribution in [-0.4, -0.2) is 4.57 Å². The molecule has 3 heteroatoms. The second-order valence-corrected chi connectivity index (χ2v) is 4.76. The van der Waals surface area contributed by atoms with Gasteiger partial charge in [-0.3, -0.25) is 4.79 Å². The quantitative estimate of drug-likeness (QED) is 0.832. The van der Waals surface area contributed by atoms with Gasteiger partial charge in [0.15, 0.2) is 0 Å². The van der Waals surface area contributed by atoms with E-state index in [9.17, 15) is 4.79 Å². The van der Waals surface area contributed by atoms with Crippen LogP contribution in [0.5, 0.6) is 0 Å². The van der Waals surface area contributed by atoms with Crippen LogP contribution in [0, 0.1) is 11.3 Å². The standard InChI is InChI=1S/C17H18N2O/c1-2-3-13-19-16(14-7-5-4-6-8-14)10-9-15(11-12-18)17(19)20/h4-10H,2-3,11,13H2,1H3. The number of hydrogen-bond acceptors (Lipinski definition) is 2. The zero-order chi connectivity index (χ0) is 14.4. The fourth-order valence-corrected chi connectivity index (χ4v) is 2.24. The average Bonchev–Trinajstić information content (AvgIpc) is 2.49. The first-order valence-corrected chi connectivity index (χ1v) is 6.93. The van der Waals surface area contributed by atoms with Crippen molar-refractivity contribution in [3.05, 3.63) is 58.4 Å². The van der Waals surface area contributed by atoms with Crippen molar-refractivity contribution in [2.45, 2.75) is 32.7 Å². The summed E-state index contributed by atoms with van der Waals surface area (Å²) in [7, 11) is 0. The Balaban J connectivity index is 2.54. The summed E-state index contributed by atoms with van der Waals surface area (Å²) in [6, 6.07) is 15.7. The fraction of sp³-hybridized carbons (Fsp3) is 0.294. The largest absolute Gasteiger partial charge is 0.308 e. The Morgan fingerprint density at radius 1 is 1.15 bits per heavy atom. The molecule has 1 heterocycles. The minimum Gasteiger partial charge on any atom is -0.308 e. The third-order valence-corrected chi connectivity index (χ3v) is 3.33. The zero-order valence-electron chi connectivity index (χ0n) is 11.7. The van der Waals surface area contributed by atoms with Crippen molar-refractivity contribution in [3.63, 3.8) is 0 Å². The monoisotopic (exact) mass is 266 g/mol. The molecule has 0 saturated heterocycles. The van der Waals surface area contributed by atoms with Gasteiger partial charge < -0.3 is 4.57 Å². The number of rotatable bonds is 5. The molecule has 2 rings (SSSR count). The molecule has 0 amide bonds. The smallest absolute Gasteiger partial charge is 0.255 e. The summed E-state index contributed by atoms with van der Waals surface area (Å²) in [5.74, 6) is 0. The molecule has 0 bridgehead atoms. The lowest BCUT2D eigenvalue weighted by Gasteiger charge is -2.14. The molecule has 0 N–H and O–H groups in total. The van der Waals surface area contributed by atoms with Gasteiger partial charge in [0, 0.05) is 12.1 Å². The molecule has 0 fully saturated rings. The highest BCUT2D eigenvalue weighted by atomic mass is 16.1. The number of pyridine rings is 1. The highest BCUT2D eigenvalue weighted by molar-refractivity contribution is 5.59. The maximum atomic E-state index is 12.5. The van der Waals surface area contributed by atoms with Crippen molar-refractivity contribution < 1.29 is 0 Å². The summed E-state index contributed by atoms with van der Waals surface area (Å²) >= 11 is 0. The third-order valence-electron chi connectivity index (χ3n) is 3.33. The number of aromatic nitrogens is 1. The molecule has 3 nitrogen and oxygen atoms in total. The molecule has 0 aliphatic carbocycles. The minimum atomic E-state index is -0.0404. The maximum absolute atomic E-state index is 12.5. The van der Waals surface area contributed by atoms with E-state index in [-0.39, 0.29) is 12.0 Å². The van der Waals surface area contributed by atoms with Crippen LogP contribution in [0.15, 0.2) is 47.3 Å². The first kappa shape index (κ1) is 14.1. The van der Waals surface area contributed by atoms with Crippen molar-refractivity contribution in [2.75, 3.05) is 0 Å². The number of benzene rings is 1. The second-order valence-electron chi connectivity index (χ2n) is 4.76. The molecular formula is C17H18N2O. The van der Waals surface area contributed by atoms with Gasteiger partial charge in [-0.25, -0.2) is 0 Å². The molecule has 102 valence electrons. The first-order valence-electron chi connectivity index (χ1n) is 6.93. The van der Waals surface area contributed by atoms with Crippen LogP contribution in [0.2, 0.25) is 0 Å². The van der Waals surface area contributed by atoms with Crippen LogP contribution in [0.3, 0.4) is 0 Å². The molecule has 0 aliphatic rings. The van der Waals surface area contributed by atoms with E-state index in [4.69, 9.17) is 5.26 Å². The van der Waals surface area contributed by atoms with Crippen LogP contribution >= 0.6 is 0 Å². The van der Waals surface area contributed by atoms with E-state index in [1.54, 1.807) is 10.6 Å². The predicted octanol–water partition coefficient (Wildman–Crippen LogP) is 3.38. The lowest BCUT2D eigenvalue weighted by molar-refractivity contribution is 0.615. The number of unbranched alkanes of at least 4 members (excludes halogenated alkanes) is 1. The molecule has 0 unspecified atom stereocenters. The summed E-state index contributed by atoms with van der Waals surface area (Å²) in [4.78, 5) is 12.5. The van der Waals surface area contributed by atoms with Gasteiger partial charge in [0.1, 0.15) is 0 Å². The van der Waals surface area contributed by atoms with Crippen molar-refractivity contribution in [3.8, 4) is 17.3 Å². The van der Waals surface area contributed by atoms with Crippen molar-refractivity contribution in [1.29, 1.82) is 5.26 Å². The molecule has 0 spiro atoms. The van der Waals surface area contributed by atoms with Crippen molar-refractivity contribution in [1.82, 2.24) is 4.57 Å². The normalized spacial score (nSPS) is 10.2. The Kier molecular flexibility index (Phi) is 4.73. The molecule has 0 radical (unpaired) electrons. The fourth-order valence-electron chi connectivity index (χ4n) is 2.24. The molecular weight excluding hydrogens is 248 g/mol. The summed E-state index contributed by atoms with van der Waals surface area (Å²) in [6.45, 7) is 2.80. The highest BCUT2D eigenvalue weighted by Gasteiger charge is 2.09. The van der Waals surface area contributed by atoms with Gasteiger partial charge in [-0.1, -0.05) is 49.7 Å². The van der Waals surface area contributed by atoms with Gasteiger partial charge >= 0.3 is 0 Å². The average molecular weight is 266 g/mol. The minimum absolute atomic E-state index is 0.0404. The number of hydrogen-bond donors (Lipinski definition) is 0. The molecule has 1 aromatic carbocycles. The van der Waals surface area contributed by atoms with Crippen LogP contribution in [0.25, 0.3) is 11.3 Å².